The Labute approximate surface area is 125 Å². The fraction of sp³-hybridized carbons (Fsp3) is 0.438. The Morgan fingerprint density at radius 1 is 1.50 bits per heavy atom. The predicted molar refractivity (Wildman–Crippen MR) is 88.7 cm³/mol. The molecule has 0 aliphatic heterocycles. The van der Waals surface area contributed by atoms with Crippen LogP contribution in [0.1, 0.15) is 24.5 Å². The van der Waals surface area contributed by atoms with E-state index in [0.717, 1.165) is 23.3 Å². The zero-order valence-corrected chi connectivity index (χ0v) is 13.4. The number of hydrogen-bond acceptors (Lipinski definition) is 3. The molecule has 0 aliphatic rings. The van der Waals surface area contributed by atoms with E-state index < -0.39 is 5.97 Å². The minimum atomic E-state index is -0.920. The van der Waals surface area contributed by atoms with Gasteiger partial charge in [0.1, 0.15) is 0 Å². The van der Waals surface area contributed by atoms with Crippen molar-refractivity contribution < 1.29 is 9.90 Å². The molecule has 0 fully saturated rings. The van der Waals surface area contributed by atoms with Crippen molar-refractivity contribution in [3.05, 3.63) is 35.4 Å². The van der Waals surface area contributed by atoms with E-state index in [1.54, 1.807) is 6.08 Å². The summed E-state index contributed by atoms with van der Waals surface area (Å²) < 4.78 is 0. The highest BCUT2D eigenvalue weighted by molar-refractivity contribution is 7.98. The Morgan fingerprint density at radius 2 is 2.20 bits per heavy atom. The number of nitrogens with zero attached hydrogens (tertiary/aromatic N) is 1. The van der Waals surface area contributed by atoms with Gasteiger partial charge < -0.3 is 10.0 Å². The maximum atomic E-state index is 10.6. The first kappa shape index (κ1) is 16.6. The second-order valence-electron chi connectivity index (χ2n) is 4.84. The molecule has 0 aliphatic carbocycles. The Balaban J connectivity index is 2.93. The fourth-order valence-electron chi connectivity index (χ4n) is 2.13. The van der Waals surface area contributed by atoms with Crippen LogP contribution in [0.25, 0.3) is 6.08 Å². The van der Waals surface area contributed by atoms with Crippen molar-refractivity contribution in [2.24, 2.45) is 0 Å². The molecule has 1 N–H and O–H groups in total. The molecule has 1 atom stereocenters. The molecule has 0 aromatic heterocycles. The lowest BCUT2D eigenvalue weighted by atomic mass is 10.1. The van der Waals surface area contributed by atoms with E-state index in [-0.39, 0.29) is 0 Å². The molecular formula is C16H23NO2S. The van der Waals surface area contributed by atoms with Gasteiger partial charge in [0.15, 0.2) is 0 Å². The zero-order valence-electron chi connectivity index (χ0n) is 12.6. The molecule has 0 amide bonds. The summed E-state index contributed by atoms with van der Waals surface area (Å²) in [5, 5.41) is 8.67. The van der Waals surface area contributed by atoms with Crippen LogP contribution in [0.15, 0.2) is 24.3 Å². The van der Waals surface area contributed by atoms with Gasteiger partial charge in [0.25, 0.3) is 0 Å². The lowest BCUT2D eigenvalue weighted by Gasteiger charge is -2.29. The Hall–Kier alpha value is -1.42. The average molecular weight is 293 g/mol. The Kier molecular flexibility index (Phi) is 6.65. The van der Waals surface area contributed by atoms with Crippen molar-refractivity contribution in [2.45, 2.75) is 26.3 Å². The molecule has 0 saturated carbocycles. The molecule has 20 heavy (non-hydrogen) atoms. The van der Waals surface area contributed by atoms with Crippen LogP contribution < -0.4 is 4.90 Å². The molecule has 4 heteroatoms. The van der Waals surface area contributed by atoms with Crippen molar-refractivity contribution in [1.29, 1.82) is 0 Å². The van der Waals surface area contributed by atoms with Crippen LogP contribution >= 0.6 is 11.8 Å². The molecule has 0 saturated heterocycles. The number of aliphatic carboxylic acids is 1. The van der Waals surface area contributed by atoms with Crippen LogP contribution in [0.5, 0.6) is 0 Å². The van der Waals surface area contributed by atoms with Gasteiger partial charge in [-0.3, -0.25) is 0 Å². The van der Waals surface area contributed by atoms with Crippen LogP contribution in [0.2, 0.25) is 0 Å². The van der Waals surface area contributed by atoms with Crippen LogP contribution in [0.4, 0.5) is 5.69 Å². The van der Waals surface area contributed by atoms with E-state index >= 15 is 0 Å². The Morgan fingerprint density at radius 3 is 2.70 bits per heavy atom. The maximum absolute atomic E-state index is 10.6. The summed E-state index contributed by atoms with van der Waals surface area (Å²) in [6.07, 6.45) is 6.05. The zero-order chi connectivity index (χ0) is 15.1. The number of hydrogen-bond donors (Lipinski definition) is 1. The summed E-state index contributed by atoms with van der Waals surface area (Å²) in [6.45, 7) is 4.21. The van der Waals surface area contributed by atoms with Gasteiger partial charge in [-0.25, -0.2) is 4.79 Å². The van der Waals surface area contributed by atoms with Crippen molar-refractivity contribution in [3.63, 3.8) is 0 Å². The van der Waals surface area contributed by atoms with Gasteiger partial charge in [-0.2, -0.15) is 11.8 Å². The molecule has 0 spiro atoms. The van der Waals surface area contributed by atoms with Crippen LogP contribution in [0.3, 0.4) is 0 Å². The van der Waals surface area contributed by atoms with Crippen molar-refractivity contribution in [1.82, 2.24) is 0 Å². The summed E-state index contributed by atoms with van der Waals surface area (Å²) in [5.74, 6) is 0.184. The van der Waals surface area contributed by atoms with Gasteiger partial charge in [-0.15, -0.1) is 0 Å². The minimum absolute atomic E-state index is 0.518. The smallest absolute Gasteiger partial charge is 0.328 e. The first-order chi connectivity index (χ1) is 9.49. The summed E-state index contributed by atoms with van der Waals surface area (Å²) >= 11 is 1.86. The second kappa shape index (κ2) is 8.00. The molecule has 110 valence electrons. The lowest BCUT2D eigenvalue weighted by molar-refractivity contribution is -0.131. The molecule has 3 nitrogen and oxygen atoms in total. The quantitative estimate of drug-likeness (QED) is 0.779. The molecule has 1 rings (SSSR count). The van der Waals surface area contributed by atoms with E-state index in [1.807, 2.05) is 24.8 Å². The second-order valence-corrected chi connectivity index (χ2v) is 5.75. The minimum Gasteiger partial charge on any atom is -0.478 e. The van der Waals surface area contributed by atoms with E-state index in [2.05, 4.69) is 37.3 Å². The van der Waals surface area contributed by atoms with E-state index in [9.17, 15) is 4.79 Å². The van der Waals surface area contributed by atoms with E-state index in [4.69, 9.17) is 5.11 Å². The molecule has 0 heterocycles. The number of anilines is 1. The van der Waals surface area contributed by atoms with Gasteiger partial charge in [0, 0.05) is 30.6 Å². The highest BCUT2D eigenvalue weighted by Crippen LogP contribution is 2.23. The summed E-state index contributed by atoms with van der Waals surface area (Å²) in [6, 6.07) is 6.67. The SMILES string of the molecule is CCC(CSC)N(C)c1ccc(/C=C/C(=O)O)c(C)c1. The van der Waals surface area contributed by atoms with E-state index in [1.165, 1.54) is 11.8 Å². The topological polar surface area (TPSA) is 40.5 Å². The lowest BCUT2D eigenvalue weighted by Crippen LogP contribution is -2.33. The van der Waals surface area contributed by atoms with Gasteiger partial charge >= 0.3 is 5.97 Å². The number of thioether (sulfide) groups is 1. The highest BCUT2D eigenvalue weighted by atomic mass is 32.2. The van der Waals surface area contributed by atoms with Crippen LogP contribution in [-0.2, 0) is 4.79 Å². The van der Waals surface area contributed by atoms with Crippen LogP contribution in [0, 0.1) is 6.92 Å². The van der Waals surface area contributed by atoms with Gasteiger partial charge in [0.2, 0.25) is 0 Å². The van der Waals surface area contributed by atoms with Crippen molar-refractivity contribution in [3.8, 4) is 0 Å². The summed E-state index contributed by atoms with van der Waals surface area (Å²) in [7, 11) is 2.12. The first-order valence-corrected chi connectivity index (χ1v) is 8.12. The maximum Gasteiger partial charge on any atom is 0.328 e. The average Bonchev–Trinajstić information content (AvgIpc) is 2.42. The molecule has 1 unspecified atom stereocenters. The molecule has 1 aromatic carbocycles. The largest absolute Gasteiger partial charge is 0.478 e. The van der Waals surface area contributed by atoms with Gasteiger partial charge in [-0.05, 0) is 48.9 Å². The highest BCUT2D eigenvalue weighted by Gasteiger charge is 2.13. The normalized spacial score (nSPS) is 12.6. The monoisotopic (exact) mass is 293 g/mol. The molecule has 1 aromatic rings. The number of carboxylic acids is 1. The summed E-state index contributed by atoms with van der Waals surface area (Å²) in [5.41, 5.74) is 3.21. The van der Waals surface area contributed by atoms with Gasteiger partial charge in [0.05, 0.1) is 0 Å². The number of carbonyl (C=O) groups is 1. The molecule has 0 radical (unpaired) electrons. The van der Waals surface area contributed by atoms with E-state index in [0.29, 0.717) is 6.04 Å². The standard InChI is InChI=1S/C16H23NO2S/c1-5-14(11-20-4)17(3)15-8-6-13(12(2)10-15)7-9-16(18)19/h6-10,14H,5,11H2,1-4H3,(H,18,19)/b9-7+. The third kappa shape index (κ3) is 4.60. The number of aryl methyl sites for hydroxylation is 1. The predicted octanol–water partition coefficient (Wildman–Crippen LogP) is 3.67. The fourth-order valence-corrected chi connectivity index (χ4v) is 2.98. The van der Waals surface area contributed by atoms with Crippen LogP contribution in [-0.4, -0.2) is 36.2 Å². The number of rotatable bonds is 7. The van der Waals surface area contributed by atoms with Crippen molar-refractivity contribution >= 4 is 29.5 Å². The first-order valence-electron chi connectivity index (χ1n) is 6.73. The Bertz CT molecular complexity index is 485. The molecule has 0 bridgehead atoms. The third-order valence-electron chi connectivity index (χ3n) is 3.44. The summed E-state index contributed by atoms with van der Waals surface area (Å²) in [4.78, 5) is 12.9. The number of benzene rings is 1. The van der Waals surface area contributed by atoms with Crippen molar-refractivity contribution in [2.75, 3.05) is 24.0 Å². The van der Waals surface area contributed by atoms with Gasteiger partial charge in [-0.1, -0.05) is 13.0 Å². The number of carboxylic acid groups (broad SMARTS) is 1. The molecular weight excluding hydrogens is 270 g/mol. The third-order valence-corrected chi connectivity index (χ3v) is 4.16.